The van der Waals surface area contributed by atoms with Crippen molar-refractivity contribution in [1.29, 1.82) is 0 Å². The summed E-state index contributed by atoms with van der Waals surface area (Å²) < 4.78 is 27.9. The first kappa shape index (κ1) is 13.7. The SMILES string of the molecule is CCS(=O)(=O)CCOc1c(C)cccc1C=O. The molecule has 4 nitrogen and oxygen atoms in total. The molecule has 0 fully saturated rings. The lowest BCUT2D eigenvalue weighted by molar-refractivity contribution is 0.111. The average Bonchev–Trinajstić information content (AvgIpc) is 2.31. The van der Waals surface area contributed by atoms with Gasteiger partial charge in [0.1, 0.15) is 12.4 Å². The third kappa shape index (κ3) is 3.85. The van der Waals surface area contributed by atoms with Gasteiger partial charge in [-0.2, -0.15) is 0 Å². The monoisotopic (exact) mass is 256 g/mol. The van der Waals surface area contributed by atoms with E-state index in [4.69, 9.17) is 4.74 Å². The fraction of sp³-hybridized carbons (Fsp3) is 0.417. The molecule has 1 aromatic carbocycles. The molecule has 1 aromatic rings. The number of ether oxygens (including phenoxy) is 1. The van der Waals surface area contributed by atoms with Gasteiger partial charge in [0.25, 0.3) is 0 Å². The summed E-state index contributed by atoms with van der Waals surface area (Å²) in [6.45, 7) is 3.48. The summed E-state index contributed by atoms with van der Waals surface area (Å²) in [5.74, 6) is 0.537. The molecule has 0 spiro atoms. The lowest BCUT2D eigenvalue weighted by Gasteiger charge is -2.10. The maximum atomic E-state index is 11.3. The van der Waals surface area contributed by atoms with Crippen LogP contribution in [-0.4, -0.2) is 32.8 Å². The Morgan fingerprint density at radius 2 is 2.06 bits per heavy atom. The minimum absolute atomic E-state index is 0.0316. The minimum Gasteiger partial charge on any atom is -0.492 e. The molecule has 0 heterocycles. The Bertz CT molecular complexity index is 491. The summed E-state index contributed by atoms with van der Waals surface area (Å²) >= 11 is 0. The Morgan fingerprint density at radius 3 is 2.65 bits per heavy atom. The number of para-hydroxylation sites is 1. The fourth-order valence-electron chi connectivity index (χ4n) is 1.38. The molecule has 0 atom stereocenters. The number of aldehydes is 1. The van der Waals surface area contributed by atoms with Crippen LogP contribution in [0.4, 0.5) is 0 Å². The van der Waals surface area contributed by atoms with Crippen molar-refractivity contribution in [3.63, 3.8) is 0 Å². The van der Waals surface area contributed by atoms with Crippen molar-refractivity contribution >= 4 is 16.1 Å². The van der Waals surface area contributed by atoms with Crippen LogP contribution in [0.15, 0.2) is 18.2 Å². The Morgan fingerprint density at radius 1 is 1.35 bits per heavy atom. The molecule has 0 N–H and O–H groups in total. The van der Waals surface area contributed by atoms with Gasteiger partial charge in [-0.3, -0.25) is 4.79 Å². The summed E-state index contributed by atoms with van der Waals surface area (Å²) in [6, 6.07) is 5.22. The number of benzene rings is 1. The highest BCUT2D eigenvalue weighted by molar-refractivity contribution is 7.91. The molecule has 0 radical (unpaired) electrons. The smallest absolute Gasteiger partial charge is 0.153 e. The van der Waals surface area contributed by atoms with E-state index in [1.165, 1.54) is 0 Å². The Balaban J connectivity index is 2.73. The van der Waals surface area contributed by atoms with Crippen molar-refractivity contribution in [1.82, 2.24) is 0 Å². The molecule has 5 heteroatoms. The molecule has 0 saturated heterocycles. The van der Waals surface area contributed by atoms with E-state index in [2.05, 4.69) is 0 Å². The van der Waals surface area contributed by atoms with Crippen LogP contribution >= 0.6 is 0 Å². The predicted molar refractivity (Wildman–Crippen MR) is 66.4 cm³/mol. The summed E-state index contributed by atoms with van der Waals surface area (Å²) in [6.07, 6.45) is 0.705. The zero-order valence-electron chi connectivity index (χ0n) is 9.97. The maximum absolute atomic E-state index is 11.3. The lowest BCUT2D eigenvalue weighted by Crippen LogP contribution is -2.16. The van der Waals surface area contributed by atoms with Crippen LogP contribution in [0.3, 0.4) is 0 Å². The van der Waals surface area contributed by atoms with Crippen LogP contribution in [0, 0.1) is 6.92 Å². The van der Waals surface area contributed by atoms with Crippen molar-refractivity contribution in [3.8, 4) is 5.75 Å². The highest BCUT2D eigenvalue weighted by Gasteiger charge is 2.10. The van der Waals surface area contributed by atoms with Crippen LogP contribution in [-0.2, 0) is 9.84 Å². The standard InChI is InChI=1S/C12H16O4S/c1-3-17(14,15)8-7-16-12-10(2)5-4-6-11(12)9-13/h4-6,9H,3,7-8H2,1-2H3. The first-order chi connectivity index (χ1) is 8.00. The number of rotatable bonds is 6. The molecule has 0 saturated carbocycles. The van der Waals surface area contributed by atoms with Crippen LogP contribution < -0.4 is 4.74 Å². The molecule has 0 amide bonds. The lowest BCUT2D eigenvalue weighted by atomic mass is 10.1. The molecule has 0 aliphatic rings. The van der Waals surface area contributed by atoms with E-state index in [9.17, 15) is 13.2 Å². The van der Waals surface area contributed by atoms with Gasteiger partial charge in [0, 0.05) is 5.75 Å². The highest BCUT2D eigenvalue weighted by Crippen LogP contribution is 2.21. The van der Waals surface area contributed by atoms with Gasteiger partial charge in [0.15, 0.2) is 16.1 Å². The Kier molecular flexibility index (Phi) is 4.69. The van der Waals surface area contributed by atoms with E-state index in [-0.39, 0.29) is 18.1 Å². The molecular formula is C12H16O4S. The Labute approximate surface area is 102 Å². The van der Waals surface area contributed by atoms with Gasteiger partial charge in [0.2, 0.25) is 0 Å². The number of carbonyl (C=O) groups excluding carboxylic acids is 1. The van der Waals surface area contributed by atoms with E-state index < -0.39 is 9.84 Å². The Hall–Kier alpha value is -1.36. The largest absolute Gasteiger partial charge is 0.492 e. The second-order valence-corrected chi connectivity index (χ2v) is 6.17. The van der Waals surface area contributed by atoms with Crippen molar-refractivity contribution in [2.75, 3.05) is 18.1 Å². The van der Waals surface area contributed by atoms with Gasteiger partial charge in [-0.15, -0.1) is 0 Å². The second-order valence-electron chi connectivity index (χ2n) is 3.70. The molecule has 17 heavy (non-hydrogen) atoms. The molecule has 1 rings (SSSR count). The van der Waals surface area contributed by atoms with Crippen molar-refractivity contribution in [2.45, 2.75) is 13.8 Å². The number of aryl methyl sites for hydroxylation is 1. The predicted octanol–water partition coefficient (Wildman–Crippen LogP) is 1.62. The van der Waals surface area contributed by atoms with E-state index >= 15 is 0 Å². The van der Waals surface area contributed by atoms with Gasteiger partial charge in [-0.1, -0.05) is 19.1 Å². The first-order valence-electron chi connectivity index (χ1n) is 5.38. The molecule has 94 valence electrons. The third-order valence-electron chi connectivity index (χ3n) is 2.45. The van der Waals surface area contributed by atoms with Gasteiger partial charge in [-0.25, -0.2) is 8.42 Å². The van der Waals surface area contributed by atoms with Crippen molar-refractivity contribution in [2.24, 2.45) is 0 Å². The van der Waals surface area contributed by atoms with Crippen LogP contribution in [0.1, 0.15) is 22.8 Å². The van der Waals surface area contributed by atoms with Crippen LogP contribution in [0.5, 0.6) is 5.75 Å². The zero-order valence-corrected chi connectivity index (χ0v) is 10.8. The zero-order chi connectivity index (χ0) is 12.9. The maximum Gasteiger partial charge on any atom is 0.153 e. The summed E-state index contributed by atoms with van der Waals surface area (Å²) in [4.78, 5) is 10.8. The molecule has 0 unspecified atom stereocenters. The van der Waals surface area contributed by atoms with Gasteiger partial charge in [0.05, 0.1) is 11.3 Å². The number of sulfone groups is 1. The summed E-state index contributed by atoms with van der Waals surface area (Å²) in [7, 11) is -3.04. The van der Waals surface area contributed by atoms with E-state index in [0.717, 1.165) is 5.56 Å². The minimum atomic E-state index is -3.04. The molecule has 0 aliphatic carbocycles. The third-order valence-corrected chi connectivity index (χ3v) is 4.12. The number of hydrogen-bond acceptors (Lipinski definition) is 4. The molecule has 0 bridgehead atoms. The van der Waals surface area contributed by atoms with Crippen LogP contribution in [0.2, 0.25) is 0 Å². The fourth-order valence-corrected chi connectivity index (χ4v) is 2.01. The average molecular weight is 256 g/mol. The van der Waals surface area contributed by atoms with Gasteiger partial charge < -0.3 is 4.74 Å². The molecular weight excluding hydrogens is 240 g/mol. The van der Waals surface area contributed by atoms with Gasteiger partial charge >= 0.3 is 0 Å². The second kappa shape index (κ2) is 5.82. The van der Waals surface area contributed by atoms with E-state index in [0.29, 0.717) is 17.6 Å². The van der Waals surface area contributed by atoms with Crippen LogP contribution in [0.25, 0.3) is 0 Å². The van der Waals surface area contributed by atoms with E-state index in [1.54, 1.807) is 19.1 Å². The summed E-state index contributed by atoms with van der Waals surface area (Å²) in [5.41, 5.74) is 1.27. The normalized spacial score (nSPS) is 11.2. The topological polar surface area (TPSA) is 60.4 Å². The summed E-state index contributed by atoms with van der Waals surface area (Å²) in [5, 5.41) is 0. The highest BCUT2D eigenvalue weighted by atomic mass is 32.2. The molecule has 0 aromatic heterocycles. The first-order valence-corrected chi connectivity index (χ1v) is 7.20. The van der Waals surface area contributed by atoms with Crippen molar-refractivity contribution in [3.05, 3.63) is 29.3 Å². The van der Waals surface area contributed by atoms with E-state index in [1.807, 2.05) is 13.0 Å². The van der Waals surface area contributed by atoms with Gasteiger partial charge in [-0.05, 0) is 18.6 Å². The molecule has 0 aliphatic heterocycles. The number of carbonyl (C=O) groups is 1. The quantitative estimate of drug-likeness (QED) is 0.726. The number of hydrogen-bond donors (Lipinski definition) is 0. The van der Waals surface area contributed by atoms with Crippen molar-refractivity contribution < 1.29 is 17.9 Å².